The molecule has 1 fully saturated rings. The maximum Gasteiger partial charge on any atom is 0.296 e. The van der Waals surface area contributed by atoms with Crippen molar-refractivity contribution in [3.05, 3.63) is 52.6 Å². The van der Waals surface area contributed by atoms with E-state index in [1.165, 1.54) is 30.2 Å². The summed E-state index contributed by atoms with van der Waals surface area (Å²) < 4.78 is 10.1. The molecule has 1 aliphatic rings. The van der Waals surface area contributed by atoms with Gasteiger partial charge in [0, 0.05) is 18.7 Å². The molecule has 1 heterocycles. The van der Waals surface area contributed by atoms with Crippen molar-refractivity contribution in [3.8, 4) is 11.5 Å². The van der Waals surface area contributed by atoms with Crippen LogP contribution in [0.15, 0.2) is 42.5 Å². The molecule has 9 heteroatoms. The van der Waals surface area contributed by atoms with Crippen LogP contribution in [0, 0.1) is 16.0 Å². The summed E-state index contributed by atoms with van der Waals surface area (Å²) in [5, 5.41) is 13.8. The molecule has 146 valence electrons. The minimum atomic E-state index is -0.615. The van der Waals surface area contributed by atoms with Gasteiger partial charge in [-0.15, -0.1) is 0 Å². The van der Waals surface area contributed by atoms with Crippen LogP contribution in [0.1, 0.15) is 6.42 Å². The highest BCUT2D eigenvalue weighted by Gasteiger charge is 2.35. The van der Waals surface area contributed by atoms with Crippen molar-refractivity contribution in [1.29, 1.82) is 0 Å². The van der Waals surface area contributed by atoms with Crippen molar-refractivity contribution in [2.45, 2.75) is 6.42 Å². The molecule has 0 spiro atoms. The first kappa shape index (κ1) is 19.2. The lowest BCUT2D eigenvalue weighted by Gasteiger charge is -2.17. The third-order valence-corrected chi connectivity index (χ3v) is 4.54. The van der Waals surface area contributed by atoms with Crippen LogP contribution >= 0.6 is 0 Å². The van der Waals surface area contributed by atoms with E-state index in [2.05, 4.69) is 5.32 Å². The summed E-state index contributed by atoms with van der Waals surface area (Å²) in [5.41, 5.74) is 0.451. The average Bonchev–Trinajstić information content (AvgIpc) is 3.10. The number of nitro groups is 1. The van der Waals surface area contributed by atoms with Gasteiger partial charge in [-0.25, -0.2) is 0 Å². The number of amides is 2. The van der Waals surface area contributed by atoms with Crippen molar-refractivity contribution in [2.24, 2.45) is 5.92 Å². The maximum atomic E-state index is 12.6. The molecular weight excluding hydrogens is 366 g/mol. The van der Waals surface area contributed by atoms with Gasteiger partial charge in [-0.3, -0.25) is 19.7 Å². The van der Waals surface area contributed by atoms with E-state index in [0.29, 0.717) is 17.2 Å². The summed E-state index contributed by atoms with van der Waals surface area (Å²) in [6, 6.07) is 11.1. The Morgan fingerprint density at radius 3 is 2.39 bits per heavy atom. The topological polar surface area (TPSA) is 111 Å². The molecule has 0 saturated carbocycles. The van der Waals surface area contributed by atoms with Crippen molar-refractivity contribution in [1.82, 2.24) is 0 Å². The number of nitrogens with one attached hydrogen (secondary N) is 1. The van der Waals surface area contributed by atoms with Crippen LogP contribution in [-0.2, 0) is 9.59 Å². The Hall–Kier alpha value is -3.62. The smallest absolute Gasteiger partial charge is 0.296 e. The first-order valence-electron chi connectivity index (χ1n) is 8.50. The van der Waals surface area contributed by atoms with E-state index in [1.807, 2.05) is 0 Å². The first-order chi connectivity index (χ1) is 13.4. The largest absolute Gasteiger partial charge is 0.497 e. The highest BCUT2D eigenvalue weighted by atomic mass is 16.6. The predicted molar refractivity (Wildman–Crippen MR) is 102 cm³/mol. The highest BCUT2D eigenvalue weighted by molar-refractivity contribution is 6.04. The predicted octanol–water partition coefficient (Wildman–Crippen LogP) is 2.60. The lowest BCUT2D eigenvalue weighted by molar-refractivity contribution is -0.384. The Morgan fingerprint density at radius 2 is 1.79 bits per heavy atom. The maximum absolute atomic E-state index is 12.6. The van der Waals surface area contributed by atoms with E-state index in [-0.39, 0.29) is 30.2 Å². The van der Waals surface area contributed by atoms with E-state index in [4.69, 9.17) is 9.47 Å². The number of nitrogens with zero attached hydrogens (tertiary/aromatic N) is 2. The van der Waals surface area contributed by atoms with Gasteiger partial charge in [0.1, 0.15) is 17.2 Å². The van der Waals surface area contributed by atoms with Crippen LogP contribution in [-0.4, -0.2) is 37.5 Å². The van der Waals surface area contributed by atoms with Crippen molar-refractivity contribution < 1.29 is 24.0 Å². The quantitative estimate of drug-likeness (QED) is 0.604. The van der Waals surface area contributed by atoms with Crippen LogP contribution < -0.4 is 19.7 Å². The number of hydrogen-bond acceptors (Lipinski definition) is 6. The normalized spacial score (nSPS) is 16.0. The van der Waals surface area contributed by atoms with E-state index < -0.39 is 16.7 Å². The van der Waals surface area contributed by atoms with Gasteiger partial charge >= 0.3 is 0 Å². The Kier molecular flexibility index (Phi) is 5.44. The Bertz CT molecular complexity index is 912. The van der Waals surface area contributed by atoms with Crippen LogP contribution in [0.4, 0.5) is 17.1 Å². The number of ether oxygens (including phenoxy) is 2. The average molecular weight is 385 g/mol. The van der Waals surface area contributed by atoms with Crippen molar-refractivity contribution >= 4 is 28.9 Å². The van der Waals surface area contributed by atoms with E-state index >= 15 is 0 Å². The number of rotatable bonds is 6. The third-order valence-electron chi connectivity index (χ3n) is 4.54. The van der Waals surface area contributed by atoms with Crippen molar-refractivity contribution in [3.63, 3.8) is 0 Å². The minimum absolute atomic E-state index is 0.0296. The van der Waals surface area contributed by atoms with Crippen LogP contribution in [0.25, 0.3) is 0 Å². The fourth-order valence-electron chi connectivity index (χ4n) is 3.02. The molecule has 1 unspecified atom stereocenters. The molecule has 0 radical (unpaired) electrons. The molecular formula is C19H19N3O6. The number of carbonyl (C=O) groups is 2. The fourth-order valence-corrected chi connectivity index (χ4v) is 3.02. The van der Waals surface area contributed by atoms with Gasteiger partial charge in [-0.1, -0.05) is 0 Å². The minimum Gasteiger partial charge on any atom is -0.497 e. The van der Waals surface area contributed by atoms with Gasteiger partial charge in [-0.2, -0.15) is 0 Å². The molecule has 1 saturated heterocycles. The first-order valence-corrected chi connectivity index (χ1v) is 8.50. The number of methoxy groups -OCH3 is 2. The van der Waals surface area contributed by atoms with E-state index in [1.54, 1.807) is 31.4 Å². The molecule has 0 aromatic heterocycles. The molecule has 28 heavy (non-hydrogen) atoms. The monoisotopic (exact) mass is 385 g/mol. The molecule has 2 aromatic rings. The van der Waals surface area contributed by atoms with Crippen LogP contribution in [0.5, 0.6) is 11.5 Å². The van der Waals surface area contributed by atoms with Crippen molar-refractivity contribution in [2.75, 3.05) is 31.0 Å². The van der Waals surface area contributed by atoms with E-state index in [0.717, 1.165) is 0 Å². The number of nitro benzene ring substituents is 1. The molecule has 3 rings (SSSR count). The van der Waals surface area contributed by atoms with Gasteiger partial charge < -0.3 is 19.7 Å². The van der Waals surface area contributed by atoms with Crippen LogP contribution in [0.2, 0.25) is 0 Å². The molecule has 2 amide bonds. The molecule has 9 nitrogen and oxygen atoms in total. The zero-order valence-electron chi connectivity index (χ0n) is 15.4. The number of benzene rings is 2. The second-order valence-electron chi connectivity index (χ2n) is 6.23. The second kappa shape index (κ2) is 7.95. The fraction of sp³-hybridized carbons (Fsp3) is 0.263. The third kappa shape index (κ3) is 3.88. The molecule has 1 aliphatic heterocycles. The summed E-state index contributed by atoms with van der Waals surface area (Å²) >= 11 is 0. The lowest BCUT2D eigenvalue weighted by atomic mass is 10.1. The van der Waals surface area contributed by atoms with Gasteiger partial charge in [0.15, 0.2) is 0 Å². The number of anilines is 2. The zero-order valence-corrected chi connectivity index (χ0v) is 15.4. The lowest BCUT2D eigenvalue weighted by Crippen LogP contribution is -2.28. The molecule has 1 N–H and O–H groups in total. The number of carbonyl (C=O) groups excluding carboxylic acids is 2. The SMILES string of the molecule is COc1ccc(N2CC(C(=O)Nc3ccc(OC)cc3[N+](=O)[O-])CC2=O)cc1. The van der Waals surface area contributed by atoms with Gasteiger partial charge in [0.05, 0.1) is 31.1 Å². The Labute approximate surface area is 161 Å². The summed E-state index contributed by atoms with van der Waals surface area (Å²) in [7, 11) is 2.95. The summed E-state index contributed by atoms with van der Waals surface area (Å²) in [6.07, 6.45) is 0.0296. The Balaban J connectivity index is 1.73. The molecule has 0 aliphatic carbocycles. The van der Waals surface area contributed by atoms with Gasteiger partial charge in [-0.05, 0) is 36.4 Å². The van der Waals surface area contributed by atoms with Gasteiger partial charge in [0.2, 0.25) is 11.8 Å². The summed E-state index contributed by atoms with van der Waals surface area (Å²) in [6.45, 7) is 0.195. The van der Waals surface area contributed by atoms with Crippen LogP contribution in [0.3, 0.4) is 0 Å². The standard InChI is InChI=1S/C19H19N3O6/c1-27-14-5-3-13(4-6-14)21-11-12(9-18(21)23)19(24)20-16-8-7-15(28-2)10-17(16)22(25)26/h3-8,10,12H,9,11H2,1-2H3,(H,20,24). The van der Waals surface area contributed by atoms with Gasteiger partial charge in [0.25, 0.3) is 5.69 Å². The molecule has 1 atom stereocenters. The molecule has 2 aromatic carbocycles. The summed E-state index contributed by atoms with van der Waals surface area (Å²) in [5.74, 6) is -0.272. The number of hydrogen-bond donors (Lipinski definition) is 1. The summed E-state index contributed by atoms with van der Waals surface area (Å²) in [4.78, 5) is 37.1. The Morgan fingerprint density at radius 1 is 1.14 bits per heavy atom. The second-order valence-corrected chi connectivity index (χ2v) is 6.23. The zero-order chi connectivity index (χ0) is 20.3. The highest BCUT2D eigenvalue weighted by Crippen LogP contribution is 2.31. The molecule has 0 bridgehead atoms. The van der Waals surface area contributed by atoms with E-state index in [9.17, 15) is 19.7 Å².